The third-order valence-corrected chi connectivity index (χ3v) is 3.41. The average molecular weight is 235 g/mol. The molecule has 0 radical (unpaired) electrons. The Hall–Kier alpha value is -1.16. The number of hydrogen-bond donors (Lipinski definition) is 1. The van der Waals surface area contributed by atoms with E-state index in [9.17, 15) is 4.79 Å². The summed E-state index contributed by atoms with van der Waals surface area (Å²) in [6, 6.07) is 0.351. The van der Waals surface area contributed by atoms with Crippen LogP contribution in [-0.4, -0.2) is 28.2 Å². The van der Waals surface area contributed by atoms with E-state index in [2.05, 4.69) is 10.4 Å². The van der Waals surface area contributed by atoms with Gasteiger partial charge in [-0.15, -0.1) is 0 Å². The van der Waals surface area contributed by atoms with E-state index in [1.165, 1.54) is 19.3 Å². The van der Waals surface area contributed by atoms with Gasteiger partial charge in [0.15, 0.2) is 5.78 Å². The van der Waals surface area contributed by atoms with Crippen LogP contribution in [0.1, 0.15) is 48.2 Å². The van der Waals surface area contributed by atoms with Crippen molar-refractivity contribution in [1.29, 1.82) is 0 Å². The van der Waals surface area contributed by atoms with Crippen LogP contribution < -0.4 is 5.32 Å². The van der Waals surface area contributed by atoms with Crippen LogP contribution in [-0.2, 0) is 7.05 Å². The van der Waals surface area contributed by atoms with Crippen molar-refractivity contribution < 1.29 is 4.79 Å². The maximum absolute atomic E-state index is 12.2. The second-order valence-corrected chi connectivity index (χ2v) is 4.93. The van der Waals surface area contributed by atoms with E-state index < -0.39 is 0 Å². The van der Waals surface area contributed by atoms with Crippen molar-refractivity contribution in [3.05, 3.63) is 17.5 Å². The monoisotopic (exact) mass is 235 g/mol. The number of carbonyl (C=O) groups excluding carboxylic acids is 1. The summed E-state index contributed by atoms with van der Waals surface area (Å²) < 4.78 is 1.71. The topological polar surface area (TPSA) is 46.9 Å². The summed E-state index contributed by atoms with van der Waals surface area (Å²) in [6.07, 6.45) is 7.29. The van der Waals surface area contributed by atoms with Gasteiger partial charge in [-0.2, -0.15) is 5.10 Å². The molecule has 1 fully saturated rings. The quantitative estimate of drug-likeness (QED) is 0.813. The van der Waals surface area contributed by atoms with Gasteiger partial charge in [0.2, 0.25) is 0 Å². The smallest absolute Gasteiger partial charge is 0.167 e. The fourth-order valence-corrected chi connectivity index (χ4v) is 2.48. The van der Waals surface area contributed by atoms with Gasteiger partial charge in [-0.05, 0) is 26.3 Å². The summed E-state index contributed by atoms with van der Waals surface area (Å²) in [5.74, 6) is 0.218. The zero-order chi connectivity index (χ0) is 12.3. The molecule has 1 aliphatic heterocycles. The zero-order valence-corrected chi connectivity index (χ0v) is 10.7. The number of aryl methyl sites for hydroxylation is 2. The lowest BCUT2D eigenvalue weighted by molar-refractivity contribution is 0.0967. The van der Waals surface area contributed by atoms with Gasteiger partial charge in [-0.25, -0.2) is 0 Å². The second kappa shape index (κ2) is 5.45. The number of Topliss-reactive ketones (excluding diaryl/α,β-unsaturated/α-hetero) is 1. The molecule has 1 aliphatic rings. The predicted molar refractivity (Wildman–Crippen MR) is 67.2 cm³/mol. The summed E-state index contributed by atoms with van der Waals surface area (Å²) in [6.45, 7) is 2.94. The highest BCUT2D eigenvalue weighted by Crippen LogP contribution is 2.15. The van der Waals surface area contributed by atoms with Crippen molar-refractivity contribution in [3.63, 3.8) is 0 Å². The maximum atomic E-state index is 12.2. The van der Waals surface area contributed by atoms with Crippen LogP contribution in [0, 0.1) is 6.92 Å². The van der Waals surface area contributed by atoms with E-state index >= 15 is 0 Å². The first-order valence-corrected chi connectivity index (χ1v) is 6.43. The molecule has 1 aromatic rings. The standard InChI is InChI=1S/C13H21N3O/c1-10-12(9-16(2)15-10)13(17)8-11-6-4-3-5-7-14-11/h9,11,14H,3-8H2,1-2H3. The summed E-state index contributed by atoms with van der Waals surface area (Å²) >= 11 is 0. The third-order valence-electron chi connectivity index (χ3n) is 3.41. The molecular formula is C13H21N3O. The number of ketones is 1. The molecule has 1 aromatic heterocycles. The molecule has 2 heterocycles. The molecule has 1 atom stereocenters. The van der Waals surface area contributed by atoms with Crippen LogP contribution in [0.15, 0.2) is 6.20 Å². The molecule has 1 unspecified atom stereocenters. The molecule has 1 N–H and O–H groups in total. The lowest BCUT2D eigenvalue weighted by Crippen LogP contribution is -2.30. The van der Waals surface area contributed by atoms with Crippen LogP contribution in [0.2, 0.25) is 0 Å². The van der Waals surface area contributed by atoms with E-state index in [4.69, 9.17) is 0 Å². The van der Waals surface area contributed by atoms with E-state index in [0.29, 0.717) is 12.5 Å². The highest BCUT2D eigenvalue weighted by molar-refractivity contribution is 5.97. The third kappa shape index (κ3) is 3.16. The molecule has 4 heteroatoms. The summed E-state index contributed by atoms with van der Waals surface area (Å²) in [5.41, 5.74) is 1.62. The fourth-order valence-electron chi connectivity index (χ4n) is 2.48. The van der Waals surface area contributed by atoms with Gasteiger partial charge in [-0.1, -0.05) is 12.8 Å². The van der Waals surface area contributed by atoms with Crippen molar-refractivity contribution in [2.45, 2.75) is 45.1 Å². The minimum Gasteiger partial charge on any atom is -0.314 e. The number of hydrogen-bond acceptors (Lipinski definition) is 3. The van der Waals surface area contributed by atoms with Gasteiger partial charge in [0.25, 0.3) is 0 Å². The molecule has 0 saturated carbocycles. The van der Waals surface area contributed by atoms with E-state index in [-0.39, 0.29) is 5.78 Å². The van der Waals surface area contributed by atoms with Gasteiger partial charge < -0.3 is 5.32 Å². The summed E-state index contributed by atoms with van der Waals surface area (Å²) in [4.78, 5) is 12.2. The minimum absolute atomic E-state index is 0.218. The Morgan fingerprint density at radius 1 is 1.53 bits per heavy atom. The Balaban J connectivity index is 1.98. The summed E-state index contributed by atoms with van der Waals surface area (Å²) in [5, 5.41) is 7.68. The molecule has 4 nitrogen and oxygen atoms in total. The predicted octanol–water partition coefficient (Wildman–Crippen LogP) is 1.83. The van der Waals surface area contributed by atoms with Gasteiger partial charge in [-0.3, -0.25) is 9.48 Å². The first-order chi connectivity index (χ1) is 8.16. The highest BCUT2D eigenvalue weighted by atomic mass is 16.1. The van der Waals surface area contributed by atoms with Crippen LogP contribution in [0.25, 0.3) is 0 Å². The zero-order valence-electron chi connectivity index (χ0n) is 10.7. The van der Waals surface area contributed by atoms with Crippen LogP contribution in [0.5, 0.6) is 0 Å². The summed E-state index contributed by atoms with van der Waals surface area (Å²) in [7, 11) is 1.85. The van der Waals surface area contributed by atoms with Crippen LogP contribution >= 0.6 is 0 Å². The molecular weight excluding hydrogens is 214 g/mol. The Bertz CT molecular complexity index is 389. The molecule has 2 rings (SSSR count). The average Bonchev–Trinajstić information content (AvgIpc) is 2.51. The van der Waals surface area contributed by atoms with Crippen molar-refractivity contribution in [1.82, 2.24) is 15.1 Å². The van der Waals surface area contributed by atoms with E-state index in [0.717, 1.165) is 24.2 Å². The van der Waals surface area contributed by atoms with Gasteiger partial charge in [0.05, 0.1) is 11.3 Å². The van der Waals surface area contributed by atoms with Crippen molar-refractivity contribution in [2.24, 2.45) is 7.05 Å². The molecule has 17 heavy (non-hydrogen) atoms. The van der Waals surface area contributed by atoms with Gasteiger partial charge in [0, 0.05) is 25.7 Å². The Morgan fingerprint density at radius 2 is 2.35 bits per heavy atom. The Labute approximate surface area is 102 Å². The van der Waals surface area contributed by atoms with E-state index in [1.54, 1.807) is 4.68 Å². The number of carbonyl (C=O) groups is 1. The molecule has 0 spiro atoms. The van der Waals surface area contributed by atoms with Gasteiger partial charge >= 0.3 is 0 Å². The molecule has 0 aliphatic carbocycles. The lowest BCUT2D eigenvalue weighted by Gasteiger charge is -2.14. The maximum Gasteiger partial charge on any atom is 0.167 e. The highest BCUT2D eigenvalue weighted by Gasteiger charge is 2.19. The molecule has 1 saturated heterocycles. The van der Waals surface area contributed by atoms with E-state index in [1.807, 2.05) is 20.2 Å². The normalized spacial score (nSPS) is 21.2. The largest absolute Gasteiger partial charge is 0.314 e. The Kier molecular flexibility index (Phi) is 3.94. The molecule has 0 amide bonds. The molecule has 0 aromatic carbocycles. The lowest BCUT2D eigenvalue weighted by atomic mass is 10.0. The minimum atomic E-state index is 0.218. The molecule has 94 valence electrons. The Morgan fingerprint density at radius 3 is 3.06 bits per heavy atom. The SMILES string of the molecule is Cc1nn(C)cc1C(=O)CC1CCCCCN1. The first kappa shape index (κ1) is 12.3. The van der Waals surface area contributed by atoms with Crippen molar-refractivity contribution in [3.8, 4) is 0 Å². The van der Waals surface area contributed by atoms with Crippen molar-refractivity contribution in [2.75, 3.05) is 6.54 Å². The number of rotatable bonds is 3. The number of nitrogens with zero attached hydrogens (tertiary/aromatic N) is 2. The second-order valence-electron chi connectivity index (χ2n) is 4.93. The fraction of sp³-hybridized carbons (Fsp3) is 0.692. The van der Waals surface area contributed by atoms with Crippen LogP contribution in [0.3, 0.4) is 0 Å². The number of aromatic nitrogens is 2. The van der Waals surface area contributed by atoms with Crippen LogP contribution in [0.4, 0.5) is 0 Å². The first-order valence-electron chi connectivity index (χ1n) is 6.43. The number of nitrogens with one attached hydrogen (secondary N) is 1. The van der Waals surface area contributed by atoms with Gasteiger partial charge in [0.1, 0.15) is 0 Å². The molecule has 0 bridgehead atoms. The van der Waals surface area contributed by atoms with Crippen molar-refractivity contribution >= 4 is 5.78 Å².